The first-order chi connectivity index (χ1) is 13.5. The van der Waals surface area contributed by atoms with E-state index in [9.17, 15) is 18.0 Å². The minimum absolute atomic E-state index is 0.108. The number of carbonyl (C=O) groups is 1. The number of thiazole rings is 1. The van der Waals surface area contributed by atoms with Crippen LogP contribution in [0.3, 0.4) is 0 Å². The van der Waals surface area contributed by atoms with Crippen molar-refractivity contribution in [2.45, 2.75) is 26.1 Å². The number of nitrogens with one attached hydrogen (secondary N) is 2. The predicted molar refractivity (Wildman–Crippen MR) is 115 cm³/mol. The molecule has 154 valence electrons. The van der Waals surface area contributed by atoms with Crippen LogP contribution in [-0.2, 0) is 11.0 Å². The molecule has 0 saturated heterocycles. The van der Waals surface area contributed by atoms with Gasteiger partial charge in [0.2, 0.25) is 5.91 Å². The Bertz CT molecular complexity index is 1050. The third-order valence-corrected chi connectivity index (χ3v) is 5.88. The van der Waals surface area contributed by atoms with Crippen LogP contribution in [0.1, 0.15) is 19.4 Å². The SMILES string of the molecule is CC(C)[C@@H](Nc1ccc(C(F)(F)F)cc1Cl)C(=O)Nc1nc2ccc(Br)cc2s1. The molecule has 1 heterocycles. The van der Waals surface area contributed by atoms with Crippen molar-refractivity contribution in [1.29, 1.82) is 0 Å². The molecular formula is C19H16BrClF3N3OS. The van der Waals surface area contributed by atoms with E-state index in [2.05, 4.69) is 31.5 Å². The van der Waals surface area contributed by atoms with Gasteiger partial charge in [-0.1, -0.05) is 52.7 Å². The van der Waals surface area contributed by atoms with E-state index in [0.717, 1.165) is 26.8 Å². The summed E-state index contributed by atoms with van der Waals surface area (Å²) in [6.45, 7) is 3.65. The van der Waals surface area contributed by atoms with Crippen LogP contribution in [0.4, 0.5) is 24.0 Å². The molecule has 0 aliphatic carbocycles. The molecule has 10 heteroatoms. The standard InChI is InChI=1S/C19H16BrClF3N3OS/c1-9(2)16(25-13-5-3-10(7-12(13)21)19(22,23)24)17(28)27-18-26-14-6-4-11(20)8-15(14)29-18/h3-9,16,25H,1-2H3,(H,26,27,28)/t16-/m1/s1. The highest BCUT2D eigenvalue weighted by atomic mass is 79.9. The van der Waals surface area contributed by atoms with Gasteiger partial charge in [-0.25, -0.2) is 4.98 Å². The van der Waals surface area contributed by atoms with Crippen LogP contribution in [0.5, 0.6) is 0 Å². The first-order valence-corrected chi connectivity index (χ1v) is 10.5. The fraction of sp³-hybridized carbons (Fsp3) is 0.263. The summed E-state index contributed by atoms with van der Waals surface area (Å²) in [6, 6.07) is 7.87. The van der Waals surface area contributed by atoms with Crippen LogP contribution in [-0.4, -0.2) is 16.9 Å². The number of halogens is 5. The zero-order valence-electron chi connectivity index (χ0n) is 15.3. The van der Waals surface area contributed by atoms with Crippen molar-refractivity contribution >= 4 is 65.8 Å². The Hall–Kier alpha value is -1.84. The Morgan fingerprint density at radius 1 is 1.21 bits per heavy atom. The van der Waals surface area contributed by atoms with Crippen LogP contribution in [0.25, 0.3) is 10.2 Å². The summed E-state index contributed by atoms with van der Waals surface area (Å²) in [5.74, 6) is -0.508. The molecule has 4 nitrogen and oxygen atoms in total. The van der Waals surface area contributed by atoms with Gasteiger partial charge >= 0.3 is 6.18 Å². The average Bonchev–Trinajstić information content (AvgIpc) is 3.00. The summed E-state index contributed by atoms with van der Waals surface area (Å²) in [5.41, 5.74) is 0.161. The van der Waals surface area contributed by atoms with Gasteiger partial charge < -0.3 is 10.6 Å². The number of hydrogen-bond donors (Lipinski definition) is 2. The van der Waals surface area contributed by atoms with Crippen LogP contribution >= 0.6 is 38.9 Å². The predicted octanol–water partition coefficient (Wildman–Crippen LogP) is 6.81. The van der Waals surface area contributed by atoms with Crippen LogP contribution in [0.15, 0.2) is 40.9 Å². The molecule has 3 rings (SSSR count). The molecule has 0 spiro atoms. The number of amides is 1. The Morgan fingerprint density at radius 2 is 1.93 bits per heavy atom. The van der Waals surface area contributed by atoms with Crippen LogP contribution < -0.4 is 10.6 Å². The number of nitrogens with zero attached hydrogens (tertiary/aromatic N) is 1. The largest absolute Gasteiger partial charge is 0.416 e. The summed E-state index contributed by atoms with van der Waals surface area (Å²) in [6.07, 6.45) is -4.49. The van der Waals surface area contributed by atoms with Crippen LogP contribution in [0.2, 0.25) is 5.02 Å². The van der Waals surface area contributed by atoms with Gasteiger partial charge in [0.15, 0.2) is 5.13 Å². The molecular weight excluding hydrogens is 491 g/mol. The fourth-order valence-corrected chi connectivity index (χ4v) is 4.30. The normalized spacial score (nSPS) is 13.0. The molecule has 0 aliphatic heterocycles. The first kappa shape index (κ1) is 21.9. The lowest BCUT2D eigenvalue weighted by molar-refractivity contribution is -0.137. The Balaban J connectivity index is 1.79. The summed E-state index contributed by atoms with van der Waals surface area (Å²) >= 11 is 10.7. The van der Waals surface area contributed by atoms with Gasteiger partial charge in [-0.3, -0.25) is 4.79 Å². The van der Waals surface area contributed by atoms with Crippen molar-refractivity contribution in [3.05, 3.63) is 51.5 Å². The summed E-state index contributed by atoms with van der Waals surface area (Å²) in [7, 11) is 0. The number of rotatable bonds is 5. The smallest absolute Gasteiger partial charge is 0.372 e. The van der Waals surface area contributed by atoms with Gasteiger partial charge in [-0.2, -0.15) is 13.2 Å². The van der Waals surface area contributed by atoms with Crippen molar-refractivity contribution < 1.29 is 18.0 Å². The minimum atomic E-state index is -4.49. The van der Waals surface area contributed by atoms with E-state index in [-0.39, 0.29) is 22.5 Å². The van der Waals surface area contributed by atoms with E-state index in [1.165, 1.54) is 17.4 Å². The molecule has 3 aromatic rings. The molecule has 0 radical (unpaired) electrons. The van der Waals surface area contributed by atoms with Gasteiger partial charge in [0, 0.05) is 4.47 Å². The van der Waals surface area contributed by atoms with Gasteiger partial charge in [0.25, 0.3) is 0 Å². The molecule has 2 aromatic carbocycles. The number of hydrogen-bond acceptors (Lipinski definition) is 4. The van der Waals surface area contributed by atoms with Crippen molar-refractivity contribution in [3.63, 3.8) is 0 Å². The molecule has 29 heavy (non-hydrogen) atoms. The summed E-state index contributed by atoms with van der Waals surface area (Å²) in [4.78, 5) is 17.2. The molecule has 0 saturated carbocycles. The van der Waals surface area contributed by atoms with Crippen molar-refractivity contribution in [2.75, 3.05) is 10.6 Å². The molecule has 0 bridgehead atoms. The maximum absolute atomic E-state index is 12.8. The van der Waals surface area contributed by atoms with E-state index in [0.29, 0.717) is 5.13 Å². The number of alkyl halides is 3. The maximum Gasteiger partial charge on any atom is 0.416 e. The second-order valence-corrected chi connectivity index (χ2v) is 9.03. The zero-order valence-corrected chi connectivity index (χ0v) is 18.4. The second kappa shape index (κ2) is 8.49. The topological polar surface area (TPSA) is 54.0 Å². The Kier molecular flexibility index (Phi) is 6.40. The number of carbonyl (C=O) groups excluding carboxylic acids is 1. The number of aromatic nitrogens is 1. The third-order valence-electron chi connectivity index (χ3n) is 4.14. The monoisotopic (exact) mass is 505 g/mol. The molecule has 1 atom stereocenters. The minimum Gasteiger partial charge on any atom is -0.372 e. The van der Waals surface area contributed by atoms with Gasteiger partial charge in [0.05, 0.1) is 26.5 Å². The fourth-order valence-electron chi connectivity index (χ4n) is 2.65. The molecule has 1 aromatic heterocycles. The number of anilines is 2. The molecule has 1 amide bonds. The van der Waals surface area contributed by atoms with Crippen LogP contribution in [0, 0.1) is 5.92 Å². The highest BCUT2D eigenvalue weighted by Crippen LogP contribution is 2.34. The summed E-state index contributed by atoms with van der Waals surface area (Å²) < 4.78 is 40.3. The highest BCUT2D eigenvalue weighted by Gasteiger charge is 2.31. The summed E-state index contributed by atoms with van der Waals surface area (Å²) in [5, 5.41) is 6.05. The van der Waals surface area contributed by atoms with E-state index < -0.39 is 17.8 Å². The van der Waals surface area contributed by atoms with E-state index >= 15 is 0 Å². The highest BCUT2D eigenvalue weighted by molar-refractivity contribution is 9.10. The van der Waals surface area contributed by atoms with Gasteiger partial charge in [-0.05, 0) is 42.3 Å². The van der Waals surface area contributed by atoms with Crippen molar-refractivity contribution in [3.8, 4) is 0 Å². The van der Waals surface area contributed by atoms with Crippen molar-refractivity contribution in [2.24, 2.45) is 5.92 Å². The third kappa shape index (κ3) is 5.21. The quantitative estimate of drug-likeness (QED) is 0.400. The average molecular weight is 507 g/mol. The second-order valence-electron chi connectivity index (χ2n) is 6.68. The molecule has 2 N–H and O–H groups in total. The molecule has 0 unspecified atom stereocenters. The molecule has 0 aliphatic rings. The van der Waals surface area contributed by atoms with Gasteiger partial charge in [0.1, 0.15) is 6.04 Å². The van der Waals surface area contributed by atoms with E-state index in [1.54, 1.807) is 0 Å². The zero-order chi connectivity index (χ0) is 21.3. The van der Waals surface area contributed by atoms with Gasteiger partial charge in [-0.15, -0.1) is 0 Å². The molecule has 0 fully saturated rings. The van der Waals surface area contributed by atoms with E-state index in [1.807, 2.05) is 32.0 Å². The Morgan fingerprint density at radius 3 is 2.55 bits per heavy atom. The maximum atomic E-state index is 12.8. The lowest BCUT2D eigenvalue weighted by Crippen LogP contribution is -2.39. The van der Waals surface area contributed by atoms with Crippen molar-refractivity contribution in [1.82, 2.24) is 4.98 Å². The lowest BCUT2D eigenvalue weighted by Gasteiger charge is -2.23. The number of fused-ring (bicyclic) bond motifs is 1. The first-order valence-electron chi connectivity index (χ1n) is 8.55. The lowest BCUT2D eigenvalue weighted by atomic mass is 10.0. The number of benzene rings is 2. The Labute approximate surface area is 182 Å². The van der Waals surface area contributed by atoms with E-state index in [4.69, 9.17) is 11.6 Å².